The smallest absolute Gasteiger partial charge is 0.151 e. The number of nitrogens with one attached hydrogen (secondary N) is 1. The Hall–Kier alpha value is -2.83. The Morgan fingerprint density at radius 2 is 1.96 bits per heavy atom. The van der Waals surface area contributed by atoms with E-state index in [1.54, 1.807) is 24.8 Å². The minimum atomic E-state index is 0.373. The molecule has 0 unspecified atom stereocenters. The maximum absolute atomic E-state index is 6.41. The van der Waals surface area contributed by atoms with Crippen LogP contribution in [0.3, 0.4) is 0 Å². The maximum Gasteiger partial charge on any atom is 0.151 e. The molecule has 0 spiro atoms. The molecule has 7 heteroatoms. The first-order valence-electron chi connectivity index (χ1n) is 8.24. The molecule has 0 fully saturated rings. The molecule has 0 bridgehead atoms. The Labute approximate surface area is 165 Å². The number of hydrogen-bond acceptors (Lipinski definition) is 6. The van der Waals surface area contributed by atoms with E-state index in [1.165, 1.54) is 0 Å². The van der Waals surface area contributed by atoms with Crippen LogP contribution in [0.15, 0.2) is 60.2 Å². The van der Waals surface area contributed by atoms with Gasteiger partial charge in [0.05, 0.1) is 22.3 Å². The monoisotopic (exact) mass is 397 g/mol. The normalized spacial score (nSPS) is 10.7. The number of anilines is 2. The first-order valence-corrected chi connectivity index (χ1v) is 9.50. The fourth-order valence-electron chi connectivity index (χ4n) is 2.69. The lowest BCUT2D eigenvalue weighted by Crippen LogP contribution is -1.99. The van der Waals surface area contributed by atoms with Crippen LogP contribution in [0.5, 0.6) is 11.5 Å². The Morgan fingerprint density at radius 1 is 1.07 bits per heavy atom. The summed E-state index contributed by atoms with van der Waals surface area (Å²) in [7, 11) is 1.64. The summed E-state index contributed by atoms with van der Waals surface area (Å²) in [6.07, 6.45) is 1.55. The van der Waals surface area contributed by atoms with Crippen LogP contribution in [0, 0.1) is 0 Å². The van der Waals surface area contributed by atoms with Gasteiger partial charge in [0.15, 0.2) is 5.82 Å². The number of aromatic nitrogens is 2. The summed E-state index contributed by atoms with van der Waals surface area (Å²) in [5.74, 6) is 2.15. The lowest BCUT2D eigenvalue weighted by Gasteiger charge is -2.12. The van der Waals surface area contributed by atoms with Crippen molar-refractivity contribution in [1.82, 2.24) is 9.97 Å². The average molecular weight is 398 g/mol. The van der Waals surface area contributed by atoms with Crippen molar-refractivity contribution in [3.05, 3.63) is 70.8 Å². The van der Waals surface area contributed by atoms with Gasteiger partial charge in [-0.25, -0.2) is 9.97 Å². The molecular formula is C20H16ClN3O2S. The van der Waals surface area contributed by atoms with E-state index in [9.17, 15) is 0 Å². The minimum Gasteiger partial charge on any atom is -0.496 e. The van der Waals surface area contributed by atoms with Gasteiger partial charge in [-0.3, -0.25) is 0 Å². The number of hydrogen-bond donors (Lipinski definition) is 1. The van der Waals surface area contributed by atoms with Crippen molar-refractivity contribution >= 4 is 44.7 Å². The van der Waals surface area contributed by atoms with Crippen LogP contribution in [0.1, 0.15) is 5.56 Å². The van der Waals surface area contributed by atoms with E-state index >= 15 is 0 Å². The van der Waals surface area contributed by atoms with Crippen molar-refractivity contribution in [2.75, 3.05) is 12.4 Å². The molecule has 0 saturated carbocycles. The number of nitrogens with zero attached hydrogens (tertiary/aromatic N) is 2. The lowest BCUT2D eigenvalue weighted by molar-refractivity contribution is 0.297. The molecule has 4 aromatic rings. The molecule has 0 radical (unpaired) electrons. The maximum atomic E-state index is 6.41. The standard InChI is InChI=1S/C20H16ClN3O2S/c1-25-17-5-3-2-4-13(17)11-26-18-7-6-14(10-15(18)21)24-20-19-16(8-9-27-19)22-12-23-20/h2-10,12H,11H2,1H3,(H,22,23,24). The van der Waals surface area contributed by atoms with Gasteiger partial charge < -0.3 is 14.8 Å². The zero-order chi connectivity index (χ0) is 18.6. The van der Waals surface area contributed by atoms with Gasteiger partial charge in [0, 0.05) is 11.3 Å². The van der Waals surface area contributed by atoms with Crippen LogP contribution >= 0.6 is 22.9 Å². The van der Waals surface area contributed by atoms with Crippen LogP contribution in [-0.4, -0.2) is 17.1 Å². The first kappa shape index (κ1) is 17.6. The van der Waals surface area contributed by atoms with Gasteiger partial charge in [0.25, 0.3) is 0 Å². The highest BCUT2D eigenvalue weighted by molar-refractivity contribution is 7.17. The highest BCUT2D eigenvalue weighted by Crippen LogP contribution is 2.32. The number of benzene rings is 2. The van der Waals surface area contributed by atoms with Crippen molar-refractivity contribution in [3.8, 4) is 11.5 Å². The molecule has 0 aliphatic carbocycles. The zero-order valence-electron chi connectivity index (χ0n) is 14.5. The zero-order valence-corrected chi connectivity index (χ0v) is 16.1. The molecule has 4 rings (SSSR count). The van der Waals surface area contributed by atoms with Gasteiger partial charge >= 0.3 is 0 Å². The molecule has 0 saturated heterocycles. The van der Waals surface area contributed by atoms with Crippen LogP contribution in [0.4, 0.5) is 11.5 Å². The molecule has 5 nitrogen and oxygen atoms in total. The van der Waals surface area contributed by atoms with Gasteiger partial charge in [-0.15, -0.1) is 11.3 Å². The SMILES string of the molecule is COc1ccccc1COc1ccc(Nc2ncnc3ccsc23)cc1Cl. The van der Waals surface area contributed by atoms with E-state index in [2.05, 4.69) is 15.3 Å². The summed E-state index contributed by atoms with van der Waals surface area (Å²) in [6.45, 7) is 0.373. The molecule has 2 aromatic heterocycles. The van der Waals surface area contributed by atoms with Crippen LogP contribution < -0.4 is 14.8 Å². The molecule has 2 heterocycles. The Bertz CT molecular complexity index is 1080. The number of halogens is 1. The molecule has 0 amide bonds. The topological polar surface area (TPSA) is 56.3 Å². The van der Waals surface area contributed by atoms with E-state index in [4.69, 9.17) is 21.1 Å². The van der Waals surface area contributed by atoms with Crippen molar-refractivity contribution in [2.24, 2.45) is 0 Å². The van der Waals surface area contributed by atoms with Gasteiger partial charge in [-0.05, 0) is 35.7 Å². The fraction of sp³-hybridized carbons (Fsp3) is 0.100. The number of fused-ring (bicyclic) bond motifs is 1. The summed E-state index contributed by atoms with van der Waals surface area (Å²) in [5.41, 5.74) is 2.71. The van der Waals surface area contributed by atoms with Gasteiger partial charge in [0.2, 0.25) is 0 Å². The second-order valence-electron chi connectivity index (χ2n) is 5.73. The number of para-hydroxylation sites is 1. The molecule has 2 aromatic carbocycles. The van der Waals surface area contributed by atoms with Gasteiger partial charge in [-0.2, -0.15) is 0 Å². The number of ether oxygens (including phenoxy) is 2. The number of methoxy groups -OCH3 is 1. The third-order valence-electron chi connectivity index (χ3n) is 4.01. The van der Waals surface area contributed by atoms with Crippen LogP contribution in [0.25, 0.3) is 10.2 Å². The molecule has 27 heavy (non-hydrogen) atoms. The molecule has 0 aliphatic rings. The Morgan fingerprint density at radius 3 is 2.81 bits per heavy atom. The lowest BCUT2D eigenvalue weighted by atomic mass is 10.2. The third-order valence-corrected chi connectivity index (χ3v) is 5.22. The minimum absolute atomic E-state index is 0.373. The summed E-state index contributed by atoms with van der Waals surface area (Å²) in [6, 6.07) is 15.3. The van der Waals surface area contributed by atoms with Crippen molar-refractivity contribution in [1.29, 1.82) is 0 Å². The average Bonchev–Trinajstić information content (AvgIpc) is 3.17. The highest BCUT2D eigenvalue weighted by atomic mass is 35.5. The van der Waals surface area contributed by atoms with Crippen molar-refractivity contribution in [2.45, 2.75) is 6.61 Å². The quantitative estimate of drug-likeness (QED) is 0.454. The molecular weight excluding hydrogens is 382 g/mol. The van der Waals surface area contributed by atoms with Crippen molar-refractivity contribution < 1.29 is 9.47 Å². The molecule has 1 N–H and O–H groups in total. The summed E-state index contributed by atoms with van der Waals surface area (Å²) in [4.78, 5) is 8.57. The fourth-order valence-corrected chi connectivity index (χ4v) is 3.71. The first-order chi connectivity index (χ1) is 13.2. The predicted molar refractivity (Wildman–Crippen MR) is 109 cm³/mol. The Balaban J connectivity index is 1.50. The van der Waals surface area contributed by atoms with E-state index in [1.807, 2.05) is 53.9 Å². The predicted octanol–water partition coefficient (Wildman–Crippen LogP) is 5.68. The highest BCUT2D eigenvalue weighted by Gasteiger charge is 2.09. The van der Waals surface area contributed by atoms with Gasteiger partial charge in [-0.1, -0.05) is 29.8 Å². The summed E-state index contributed by atoms with van der Waals surface area (Å²) < 4.78 is 12.2. The van der Waals surface area contributed by atoms with Gasteiger partial charge in [0.1, 0.15) is 24.4 Å². The Kier molecular flexibility index (Phi) is 5.09. The van der Waals surface area contributed by atoms with E-state index < -0.39 is 0 Å². The summed E-state index contributed by atoms with van der Waals surface area (Å²) >= 11 is 8.00. The largest absolute Gasteiger partial charge is 0.496 e. The van der Waals surface area contributed by atoms with Crippen LogP contribution in [0.2, 0.25) is 5.02 Å². The third kappa shape index (κ3) is 3.82. The number of thiophene rings is 1. The van der Waals surface area contributed by atoms with Crippen molar-refractivity contribution in [3.63, 3.8) is 0 Å². The van der Waals surface area contributed by atoms with Crippen LogP contribution in [-0.2, 0) is 6.61 Å². The molecule has 136 valence electrons. The molecule has 0 aliphatic heterocycles. The van der Waals surface area contributed by atoms with E-state index in [-0.39, 0.29) is 0 Å². The summed E-state index contributed by atoms with van der Waals surface area (Å²) in [5, 5.41) is 5.80. The second kappa shape index (κ2) is 7.82. The van der Waals surface area contributed by atoms with E-state index in [0.717, 1.165) is 33.0 Å². The molecule has 0 atom stereocenters. The second-order valence-corrected chi connectivity index (χ2v) is 7.05. The van der Waals surface area contributed by atoms with E-state index in [0.29, 0.717) is 17.4 Å². The number of rotatable bonds is 6.